The van der Waals surface area contributed by atoms with E-state index in [-0.39, 0.29) is 61.7 Å². The SMILES string of the molecule is Oc1ccccc1.[CH3-].[Cl-].[Cl-].[Cl-].[Fe+4]. The molecule has 0 radical (unpaired) electrons. The summed E-state index contributed by atoms with van der Waals surface area (Å²) in [5.74, 6) is 0.322. The van der Waals surface area contributed by atoms with E-state index in [1.165, 1.54) is 0 Å². The first kappa shape index (κ1) is 29.4. The molecule has 1 aromatic rings. The maximum atomic E-state index is 8.63. The first-order valence-corrected chi connectivity index (χ1v) is 2.13. The van der Waals surface area contributed by atoms with Gasteiger partial charge in [-0.3, -0.25) is 0 Å². The van der Waals surface area contributed by atoms with Crippen LogP contribution in [0, 0.1) is 7.43 Å². The molecule has 1 rings (SSSR count). The number of hydrogen-bond acceptors (Lipinski definition) is 1. The second-order valence-corrected chi connectivity index (χ2v) is 1.34. The molecule has 0 heterocycles. The van der Waals surface area contributed by atoms with Crippen molar-refractivity contribution in [1.29, 1.82) is 0 Å². The summed E-state index contributed by atoms with van der Waals surface area (Å²) in [6.07, 6.45) is 0. The van der Waals surface area contributed by atoms with Crippen molar-refractivity contribution < 1.29 is 59.4 Å². The van der Waals surface area contributed by atoms with Crippen molar-refractivity contribution in [2.24, 2.45) is 0 Å². The van der Waals surface area contributed by atoms with Crippen LogP contribution in [0.1, 0.15) is 0 Å². The fourth-order valence-electron chi connectivity index (χ4n) is 0.428. The van der Waals surface area contributed by atoms with Gasteiger partial charge in [-0.1, -0.05) is 18.2 Å². The van der Waals surface area contributed by atoms with Gasteiger partial charge in [-0.2, -0.15) is 0 Å². The van der Waals surface area contributed by atoms with Crippen molar-refractivity contribution in [3.63, 3.8) is 0 Å². The molecule has 1 nitrogen and oxygen atoms in total. The topological polar surface area (TPSA) is 20.2 Å². The number of halogens is 3. The molecule has 0 spiro atoms. The van der Waals surface area contributed by atoms with Crippen molar-refractivity contribution >= 4 is 0 Å². The predicted octanol–water partition coefficient (Wildman–Crippen LogP) is -7.15. The van der Waals surface area contributed by atoms with Gasteiger partial charge in [-0.15, -0.1) is 0 Å². The average Bonchev–Trinajstić information content (AvgIpc) is 1.69. The van der Waals surface area contributed by atoms with Crippen LogP contribution in [-0.4, -0.2) is 5.11 Å². The van der Waals surface area contributed by atoms with E-state index in [9.17, 15) is 0 Å². The van der Waals surface area contributed by atoms with Crippen LogP contribution in [0.2, 0.25) is 0 Å². The maximum Gasteiger partial charge on any atom is 4.00 e. The monoisotopic (exact) mass is 270 g/mol. The van der Waals surface area contributed by atoms with Gasteiger partial charge in [0.2, 0.25) is 0 Å². The third kappa shape index (κ3) is 13.0. The molecule has 1 aromatic carbocycles. The van der Waals surface area contributed by atoms with Gasteiger partial charge in [0.1, 0.15) is 5.75 Å². The number of phenols is 1. The normalized spacial score (nSPS) is 5.00. The molecular weight excluding hydrogens is 262 g/mol. The van der Waals surface area contributed by atoms with Crippen LogP contribution in [-0.2, 0) is 17.1 Å². The summed E-state index contributed by atoms with van der Waals surface area (Å²) >= 11 is 0. The number of para-hydroxylation sites is 1. The first-order chi connectivity index (χ1) is 3.39. The molecule has 0 saturated carbocycles. The van der Waals surface area contributed by atoms with Crippen molar-refractivity contribution in [2.45, 2.75) is 0 Å². The van der Waals surface area contributed by atoms with Gasteiger partial charge in [0.05, 0.1) is 0 Å². The van der Waals surface area contributed by atoms with E-state index in [0.29, 0.717) is 5.75 Å². The molecule has 5 heteroatoms. The summed E-state index contributed by atoms with van der Waals surface area (Å²) in [5, 5.41) is 8.63. The molecule has 12 heavy (non-hydrogen) atoms. The molecule has 0 aliphatic heterocycles. The molecule has 0 aliphatic rings. The second kappa shape index (κ2) is 17.5. The van der Waals surface area contributed by atoms with Crippen LogP contribution in [0.5, 0.6) is 5.75 Å². The fraction of sp³-hybridized carbons (Fsp3) is 0. The smallest absolute Gasteiger partial charge is 1.00 e. The van der Waals surface area contributed by atoms with Gasteiger partial charge in [-0.25, -0.2) is 0 Å². The van der Waals surface area contributed by atoms with Crippen molar-refractivity contribution in [3.05, 3.63) is 37.8 Å². The van der Waals surface area contributed by atoms with E-state index in [1.54, 1.807) is 24.3 Å². The number of rotatable bonds is 0. The Kier molecular flexibility index (Phi) is 42.9. The molecule has 0 aromatic heterocycles. The van der Waals surface area contributed by atoms with Crippen molar-refractivity contribution in [1.82, 2.24) is 0 Å². The molecule has 0 aliphatic carbocycles. The Bertz CT molecular complexity index is 149. The molecular formula is C7H9Cl3FeO. The van der Waals surface area contributed by atoms with Gasteiger partial charge < -0.3 is 49.8 Å². The minimum Gasteiger partial charge on any atom is -1.00 e. The average molecular weight is 271 g/mol. The summed E-state index contributed by atoms with van der Waals surface area (Å²) in [6.45, 7) is 0. The van der Waals surface area contributed by atoms with Crippen molar-refractivity contribution in [3.8, 4) is 5.75 Å². The first-order valence-electron chi connectivity index (χ1n) is 2.13. The summed E-state index contributed by atoms with van der Waals surface area (Å²) in [5.41, 5.74) is 0. The van der Waals surface area contributed by atoms with Crippen LogP contribution in [0.4, 0.5) is 0 Å². The minimum atomic E-state index is 0. The molecule has 0 unspecified atom stereocenters. The summed E-state index contributed by atoms with van der Waals surface area (Å²) < 4.78 is 0. The van der Waals surface area contributed by atoms with Crippen LogP contribution in [0.15, 0.2) is 30.3 Å². The Morgan fingerprint density at radius 3 is 1.33 bits per heavy atom. The zero-order valence-electron chi connectivity index (χ0n) is 6.32. The van der Waals surface area contributed by atoms with Gasteiger partial charge in [0, 0.05) is 0 Å². The van der Waals surface area contributed by atoms with E-state index in [0.717, 1.165) is 0 Å². The number of phenolic OH excluding ortho intramolecular Hbond substituents is 1. The van der Waals surface area contributed by atoms with Crippen LogP contribution in [0.3, 0.4) is 0 Å². The van der Waals surface area contributed by atoms with Gasteiger partial charge in [-0.05, 0) is 12.1 Å². The summed E-state index contributed by atoms with van der Waals surface area (Å²) in [4.78, 5) is 0. The third-order valence-electron chi connectivity index (χ3n) is 0.756. The molecule has 0 atom stereocenters. The molecule has 72 valence electrons. The number of aromatic hydroxyl groups is 1. The van der Waals surface area contributed by atoms with Gasteiger partial charge >= 0.3 is 17.1 Å². The Balaban J connectivity index is -0.0000000327. The number of benzene rings is 1. The second-order valence-electron chi connectivity index (χ2n) is 1.34. The van der Waals surface area contributed by atoms with E-state index >= 15 is 0 Å². The zero-order chi connectivity index (χ0) is 5.11. The van der Waals surface area contributed by atoms with Gasteiger partial charge in [0.15, 0.2) is 0 Å². The number of hydrogen-bond donors (Lipinski definition) is 1. The quantitative estimate of drug-likeness (QED) is 0.367. The summed E-state index contributed by atoms with van der Waals surface area (Å²) in [7, 11) is 0. The van der Waals surface area contributed by atoms with Crippen LogP contribution >= 0.6 is 0 Å². The Morgan fingerprint density at radius 2 is 1.17 bits per heavy atom. The standard InChI is InChI=1S/C6H6O.CH3.3ClH.Fe/c7-6-4-2-1-3-5-6;;;;;/h1-5,7H;1H3;3*1H;/q;-1;;;;+4/p-3. The van der Waals surface area contributed by atoms with E-state index in [4.69, 9.17) is 5.11 Å². The fourth-order valence-corrected chi connectivity index (χ4v) is 0.428. The molecule has 0 saturated heterocycles. The zero-order valence-corrected chi connectivity index (χ0v) is 9.69. The largest absolute Gasteiger partial charge is 4.00 e. The maximum absolute atomic E-state index is 8.63. The van der Waals surface area contributed by atoms with Crippen LogP contribution < -0.4 is 37.2 Å². The van der Waals surface area contributed by atoms with Crippen LogP contribution in [0.25, 0.3) is 0 Å². The Labute approximate surface area is 103 Å². The van der Waals surface area contributed by atoms with Gasteiger partial charge in [0.25, 0.3) is 0 Å². The Morgan fingerprint density at radius 1 is 0.833 bits per heavy atom. The van der Waals surface area contributed by atoms with Crippen molar-refractivity contribution in [2.75, 3.05) is 0 Å². The van der Waals surface area contributed by atoms with E-state index in [2.05, 4.69) is 0 Å². The van der Waals surface area contributed by atoms with E-state index < -0.39 is 0 Å². The third-order valence-corrected chi connectivity index (χ3v) is 0.756. The molecule has 1 N–H and O–H groups in total. The molecule has 0 amide bonds. The Hall–Kier alpha value is 0.409. The summed E-state index contributed by atoms with van der Waals surface area (Å²) in [6, 6.07) is 8.71. The predicted molar refractivity (Wildman–Crippen MR) is 34.5 cm³/mol. The minimum absolute atomic E-state index is 0. The molecule has 0 bridgehead atoms. The molecule has 0 fully saturated rings. The van der Waals surface area contributed by atoms with E-state index in [1.807, 2.05) is 6.07 Å².